The SMILES string of the molecule is Cc1cc(-c2c(-c3ccccc3)nc(N)n3c(=O)n(C4Cc5ccc(N)cc5C4)nc23)cc(C)n1. The topological polar surface area (TPSA) is 117 Å². The first-order chi connectivity index (χ1) is 16.9. The summed E-state index contributed by atoms with van der Waals surface area (Å²) in [6.07, 6.45) is 1.40. The number of nitrogen functional groups attached to an aromatic ring is 2. The molecule has 0 saturated carbocycles. The van der Waals surface area contributed by atoms with E-state index >= 15 is 0 Å². The van der Waals surface area contributed by atoms with Gasteiger partial charge in [-0.15, -0.1) is 5.10 Å². The van der Waals surface area contributed by atoms with Gasteiger partial charge in [0.15, 0.2) is 5.65 Å². The molecule has 0 spiro atoms. The van der Waals surface area contributed by atoms with Crippen LogP contribution in [0, 0.1) is 13.8 Å². The second-order valence-corrected chi connectivity index (χ2v) is 9.17. The van der Waals surface area contributed by atoms with Crippen molar-refractivity contribution < 1.29 is 0 Å². The Hall–Kier alpha value is -4.46. The standard InChI is InChI=1S/C27H25N7O/c1-15-10-20(11-16(2)30-15)23-24(17-6-4-3-5-7-17)31-26(29)33-25(23)32-34(27(33)35)22-13-18-8-9-21(28)12-19(18)14-22/h3-12,22H,13-14,28H2,1-2H3,(H2,29,31). The summed E-state index contributed by atoms with van der Waals surface area (Å²) in [6.45, 7) is 3.90. The van der Waals surface area contributed by atoms with Crippen LogP contribution < -0.4 is 17.2 Å². The fourth-order valence-electron chi connectivity index (χ4n) is 5.15. The molecule has 0 amide bonds. The number of aryl methyl sites for hydroxylation is 2. The molecule has 0 fully saturated rings. The largest absolute Gasteiger partial charge is 0.399 e. The van der Waals surface area contributed by atoms with E-state index < -0.39 is 0 Å². The number of benzene rings is 2. The monoisotopic (exact) mass is 463 g/mol. The van der Waals surface area contributed by atoms with E-state index in [9.17, 15) is 4.79 Å². The maximum atomic E-state index is 13.6. The predicted molar refractivity (Wildman–Crippen MR) is 137 cm³/mol. The number of hydrogen-bond acceptors (Lipinski definition) is 6. The lowest BCUT2D eigenvalue weighted by atomic mass is 9.99. The summed E-state index contributed by atoms with van der Waals surface area (Å²) < 4.78 is 2.98. The number of anilines is 2. The maximum Gasteiger partial charge on any atom is 0.353 e. The van der Waals surface area contributed by atoms with Crippen LogP contribution in [0.5, 0.6) is 0 Å². The minimum Gasteiger partial charge on any atom is -0.399 e. The molecule has 1 unspecified atom stereocenters. The van der Waals surface area contributed by atoms with Crippen LogP contribution in [-0.2, 0) is 12.8 Å². The Bertz CT molecular complexity index is 1650. The van der Waals surface area contributed by atoms with Crippen molar-refractivity contribution in [3.05, 3.63) is 93.7 Å². The Labute approximate surface area is 201 Å². The zero-order valence-electron chi connectivity index (χ0n) is 19.6. The smallest absolute Gasteiger partial charge is 0.353 e. The minimum atomic E-state index is -0.292. The van der Waals surface area contributed by atoms with Gasteiger partial charge in [0.1, 0.15) is 0 Å². The number of rotatable bonds is 3. The average Bonchev–Trinajstić information content (AvgIpc) is 3.39. The normalized spacial score (nSPS) is 15.0. The zero-order valence-corrected chi connectivity index (χ0v) is 19.6. The van der Waals surface area contributed by atoms with E-state index in [0.29, 0.717) is 24.2 Å². The van der Waals surface area contributed by atoms with Gasteiger partial charge in [-0.1, -0.05) is 36.4 Å². The lowest BCUT2D eigenvalue weighted by Gasteiger charge is -2.13. The molecule has 5 aromatic rings. The molecular weight excluding hydrogens is 438 g/mol. The van der Waals surface area contributed by atoms with Crippen molar-refractivity contribution in [1.29, 1.82) is 0 Å². The van der Waals surface area contributed by atoms with Crippen molar-refractivity contribution in [2.45, 2.75) is 32.7 Å². The van der Waals surface area contributed by atoms with E-state index in [1.165, 1.54) is 9.96 Å². The molecular formula is C27H25N7O. The molecule has 0 saturated heterocycles. The predicted octanol–water partition coefficient (Wildman–Crippen LogP) is 3.74. The molecule has 1 aliphatic carbocycles. The van der Waals surface area contributed by atoms with E-state index in [1.807, 2.05) is 74.5 Å². The summed E-state index contributed by atoms with van der Waals surface area (Å²) in [5, 5.41) is 4.88. The van der Waals surface area contributed by atoms with Gasteiger partial charge in [-0.2, -0.15) is 0 Å². The lowest BCUT2D eigenvalue weighted by Crippen LogP contribution is -2.27. The van der Waals surface area contributed by atoms with E-state index in [2.05, 4.69) is 4.98 Å². The zero-order chi connectivity index (χ0) is 24.3. The highest BCUT2D eigenvalue weighted by Gasteiger charge is 2.29. The molecule has 3 aromatic heterocycles. The fourth-order valence-corrected chi connectivity index (χ4v) is 5.15. The van der Waals surface area contributed by atoms with Crippen LogP contribution in [0.4, 0.5) is 11.6 Å². The summed E-state index contributed by atoms with van der Waals surface area (Å²) in [6, 6.07) is 19.6. The van der Waals surface area contributed by atoms with Crippen LogP contribution in [0.2, 0.25) is 0 Å². The van der Waals surface area contributed by atoms with Gasteiger partial charge >= 0.3 is 5.69 Å². The third-order valence-electron chi connectivity index (χ3n) is 6.62. The van der Waals surface area contributed by atoms with Crippen molar-refractivity contribution in [1.82, 2.24) is 24.1 Å². The Morgan fingerprint density at radius 1 is 0.857 bits per heavy atom. The number of nitrogens with zero attached hydrogens (tertiary/aromatic N) is 5. The van der Waals surface area contributed by atoms with Gasteiger partial charge in [0, 0.05) is 22.6 Å². The molecule has 2 aromatic carbocycles. The summed E-state index contributed by atoms with van der Waals surface area (Å²) in [5.41, 5.74) is 20.6. The third-order valence-corrected chi connectivity index (χ3v) is 6.62. The first-order valence-electron chi connectivity index (χ1n) is 11.6. The third kappa shape index (κ3) is 3.45. The number of pyridine rings is 1. The minimum absolute atomic E-state index is 0.112. The molecule has 174 valence electrons. The first kappa shape index (κ1) is 21.1. The quantitative estimate of drug-likeness (QED) is 0.394. The van der Waals surface area contributed by atoms with Crippen LogP contribution in [0.15, 0.2) is 65.5 Å². The van der Waals surface area contributed by atoms with Crippen molar-refractivity contribution in [3.8, 4) is 22.4 Å². The Balaban J connectivity index is 1.62. The molecule has 0 bridgehead atoms. The maximum absolute atomic E-state index is 13.6. The van der Waals surface area contributed by atoms with Gasteiger partial charge in [0.2, 0.25) is 5.95 Å². The second kappa shape index (κ2) is 7.80. The van der Waals surface area contributed by atoms with Crippen molar-refractivity contribution in [3.63, 3.8) is 0 Å². The van der Waals surface area contributed by atoms with Gasteiger partial charge in [-0.05, 0) is 67.6 Å². The molecule has 0 aliphatic heterocycles. The highest BCUT2D eigenvalue weighted by Crippen LogP contribution is 2.36. The molecule has 1 atom stereocenters. The Morgan fingerprint density at radius 2 is 1.57 bits per heavy atom. The molecule has 8 nitrogen and oxygen atoms in total. The van der Waals surface area contributed by atoms with Gasteiger partial charge in [0.25, 0.3) is 0 Å². The van der Waals surface area contributed by atoms with Crippen LogP contribution in [0.25, 0.3) is 28.0 Å². The number of hydrogen-bond donors (Lipinski definition) is 2. The highest BCUT2D eigenvalue weighted by atomic mass is 16.2. The van der Waals surface area contributed by atoms with E-state index in [1.54, 1.807) is 4.68 Å². The molecule has 4 N–H and O–H groups in total. The van der Waals surface area contributed by atoms with Crippen LogP contribution in [-0.4, -0.2) is 24.1 Å². The fraction of sp³-hybridized carbons (Fsp3) is 0.185. The number of aromatic nitrogens is 5. The van der Waals surface area contributed by atoms with Gasteiger partial charge in [-0.25, -0.2) is 18.9 Å². The van der Waals surface area contributed by atoms with Crippen LogP contribution >= 0.6 is 0 Å². The molecule has 35 heavy (non-hydrogen) atoms. The van der Waals surface area contributed by atoms with Gasteiger partial charge in [-0.3, -0.25) is 4.98 Å². The van der Waals surface area contributed by atoms with Crippen molar-refractivity contribution in [2.24, 2.45) is 0 Å². The van der Waals surface area contributed by atoms with E-state index in [4.69, 9.17) is 21.5 Å². The summed E-state index contributed by atoms with van der Waals surface area (Å²) in [7, 11) is 0. The van der Waals surface area contributed by atoms with E-state index in [0.717, 1.165) is 39.3 Å². The van der Waals surface area contributed by atoms with Crippen molar-refractivity contribution >= 4 is 17.3 Å². The van der Waals surface area contributed by atoms with Gasteiger partial charge in [0.05, 0.1) is 17.3 Å². The van der Waals surface area contributed by atoms with Crippen LogP contribution in [0.3, 0.4) is 0 Å². The van der Waals surface area contributed by atoms with Crippen molar-refractivity contribution in [2.75, 3.05) is 11.5 Å². The molecule has 6 rings (SSSR count). The molecule has 0 radical (unpaired) electrons. The molecule has 1 aliphatic rings. The second-order valence-electron chi connectivity index (χ2n) is 9.17. The lowest BCUT2D eigenvalue weighted by molar-refractivity contribution is 0.460. The van der Waals surface area contributed by atoms with Crippen LogP contribution in [0.1, 0.15) is 28.6 Å². The Morgan fingerprint density at radius 3 is 2.31 bits per heavy atom. The van der Waals surface area contributed by atoms with Gasteiger partial charge < -0.3 is 11.5 Å². The van der Waals surface area contributed by atoms with E-state index in [-0.39, 0.29) is 17.7 Å². The Kier molecular flexibility index (Phi) is 4.70. The number of fused-ring (bicyclic) bond motifs is 2. The summed E-state index contributed by atoms with van der Waals surface area (Å²) >= 11 is 0. The first-order valence-corrected chi connectivity index (χ1v) is 11.6. The summed E-state index contributed by atoms with van der Waals surface area (Å²) in [4.78, 5) is 22.9. The molecule has 3 heterocycles. The summed E-state index contributed by atoms with van der Waals surface area (Å²) in [5.74, 6) is 0.112. The highest BCUT2D eigenvalue weighted by molar-refractivity contribution is 5.90. The molecule has 8 heteroatoms. The number of nitrogens with two attached hydrogens (primary N) is 2. The average molecular weight is 464 g/mol.